The lowest BCUT2D eigenvalue weighted by atomic mass is 9.75. The number of carbonyl (C=O) groups excluding carboxylic acids is 1. The lowest BCUT2D eigenvalue weighted by Gasteiger charge is -2.38. The molecule has 0 aromatic rings. The van der Waals surface area contributed by atoms with Crippen molar-refractivity contribution in [2.75, 3.05) is 19.3 Å². The topological polar surface area (TPSA) is 92.5 Å². The van der Waals surface area contributed by atoms with Crippen molar-refractivity contribution < 1.29 is 13.2 Å². The molecule has 1 aliphatic carbocycles. The van der Waals surface area contributed by atoms with Crippen LogP contribution in [0.4, 0.5) is 0 Å². The predicted octanol–water partition coefficient (Wildman–Crippen LogP) is -0.202. The highest BCUT2D eigenvalue weighted by Crippen LogP contribution is 2.32. The van der Waals surface area contributed by atoms with Gasteiger partial charge >= 0.3 is 0 Å². The van der Waals surface area contributed by atoms with Crippen molar-refractivity contribution in [3.8, 4) is 0 Å². The minimum atomic E-state index is -3.10. The number of nitrogens with one attached hydrogen (secondary N) is 1. The second-order valence-corrected chi connectivity index (χ2v) is 7.88. The molecule has 0 unspecified atom stereocenters. The first kappa shape index (κ1) is 14.7. The Morgan fingerprint density at radius 3 is 2.37 bits per heavy atom. The van der Waals surface area contributed by atoms with Gasteiger partial charge in [0.2, 0.25) is 15.9 Å². The number of nitrogens with two attached hydrogens (primary N) is 1. The molecule has 6 nitrogen and oxygen atoms in total. The largest absolute Gasteiger partial charge is 0.353 e. The van der Waals surface area contributed by atoms with E-state index in [9.17, 15) is 13.2 Å². The lowest BCUT2D eigenvalue weighted by molar-refractivity contribution is -0.123. The average molecular weight is 289 g/mol. The van der Waals surface area contributed by atoms with Gasteiger partial charge in [-0.1, -0.05) is 0 Å². The number of hydrogen-bond donors (Lipinski definition) is 2. The van der Waals surface area contributed by atoms with E-state index in [4.69, 9.17) is 5.73 Å². The monoisotopic (exact) mass is 289 g/mol. The molecule has 1 heterocycles. The number of sulfonamides is 1. The van der Waals surface area contributed by atoms with Gasteiger partial charge in [0.25, 0.3) is 0 Å². The quantitative estimate of drug-likeness (QED) is 0.749. The van der Waals surface area contributed by atoms with Gasteiger partial charge in [0.1, 0.15) is 0 Å². The Morgan fingerprint density at radius 2 is 1.95 bits per heavy atom. The summed E-state index contributed by atoms with van der Waals surface area (Å²) < 4.78 is 24.2. The van der Waals surface area contributed by atoms with E-state index < -0.39 is 10.0 Å². The number of nitrogens with zero attached hydrogens (tertiary/aromatic N) is 1. The molecule has 2 fully saturated rings. The van der Waals surface area contributed by atoms with Crippen LogP contribution in [-0.2, 0) is 14.8 Å². The zero-order valence-electron chi connectivity index (χ0n) is 11.4. The highest BCUT2D eigenvalue weighted by atomic mass is 32.2. The van der Waals surface area contributed by atoms with Crippen LogP contribution in [0, 0.1) is 0 Å². The molecule has 1 amide bonds. The van der Waals surface area contributed by atoms with E-state index in [0.29, 0.717) is 32.4 Å². The zero-order valence-corrected chi connectivity index (χ0v) is 12.2. The van der Waals surface area contributed by atoms with Crippen molar-refractivity contribution in [2.45, 2.75) is 50.1 Å². The summed E-state index contributed by atoms with van der Waals surface area (Å²) in [7, 11) is -3.10. The molecular formula is C12H23N3O3S. The van der Waals surface area contributed by atoms with Crippen LogP contribution in [0.2, 0.25) is 0 Å². The molecule has 0 aromatic heterocycles. The third-order valence-corrected chi connectivity index (χ3v) is 5.45. The second kappa shape index (κ2) is 5.38. The molecule has 0 spiro atoms. The highest BCUT2D eigenvalue weighted by molar-refractivity contribution is 7.88. The number of hydrogen-bond acceptors (Lipinski definition) is 4. The van der Waals surface area contributed by atoms with E-state index >= 15 is 0 Å². The number of carbonyl (C=O) groups is 1. The highest BCUT2D eigenvalue weighted by Gasteiger charge is 2.35. The Hall–Kier alpha value is -0.660. The summed E-state index contributed by atoms with van der Waals surface area (Å²) in [6.45, 7) is 0.967. The SMILES string of the molecule is CS(=O)(=O)N1CCC(NC(=O)CC2(N)CCC2)CC1. The smallest absolute Gasteiger partial charge is 0.222 e. The molecule has 3 N–H and O–H groups in total. The van der Waals surface area contributed by atoms with Crippen LogP contribution in [0.1, 0.15) is 38.5 Å². The zero-order chi connectivity index (χ0) is 14.1. The van der Waals surface area contributed by atoms with Gasteiger partial charge in [-0.15, -0.1) is 0 Å². The molecule has 0 aromatic carbocycles. The Labute approximate surface area is 114 Å². The van der Waals surface area contributed by atoms with Crippen LogP contribution in [0.5, 0.6) is 0 Å². The van der Waals surface area contributed by atoms with Crippen LogP contribution >= 0.6 is 0 Å². The van der Waals surface area contributed by atoms with Gasteiger partial charge < -0.3 is 11.1 Å². The molecule has 1 aliphatic heterocycles. The van der Waals surface area contributed by atoms with E-state index in [-0.39, 0.29) is 17.5 Å². The standard InChI is InChI=1S/C12H23N3O3S/c1-19(17,18)15-7-3-10(4-8-15)14-11(16)9-12(13)5-2-6-12/h10H,2-9,13H2,1H3,(H,14,16). The van der Waals surface area contributed by atoms with Gasteiger partial charge in [0, 0.05) is 31.1 Å². The van der Waals surface area contributed by atoms with E-state index in [1.807, 2.05) is 0 Å². The van der Waals surface area contributed by atoms with Crippen molar-refractivity contribution in [1.82, 2.24) is 9.62 Å². The third-order valence-electron chi connectivity index (χ3n) is 4.15. The van der Waals surface area contributed by atoms with Crippen molar-refractivity contribution in [3.05, 3.63) is 0 Å². The molecule has 2 aliphatic rings. The van der Waals surface area contributed by atoms with Gasteiger partial charge in [-0.05, 0) is 32.1 Å². The summed E-state index contributed by atoms with van der Waals surface area (Å²) in [5.41, 5.74) is 5.75. The lowest BCUT2D eigenvalue weighted by Crippen LogP contribution is -2.52. The maximum absolute atomic E-state index is 11.9. The fraction of sp³-hybridized carbons (Fsp3) is 0.917. The Bertz CT molecular complexity index is 437. The molecular weight excluding hydrogens is 266 g/mol. The Morgan fingerprint density at radius 1 is 1.37 bits per heavy atom. The molecule has 1 saturated carbocycles. The summed E-state index contributed by atoms with van der Waals surface area (Å²) in [4.78, 5) is 11.9. The summed E-state index contributed by atoms with van der Waals surface area (Å²) in [6.07, 6.45) is 5.92. The Balaban J connectivity index is 1.75. The molecule has 2 rings (SSSR count). The van der Waals surface area contributed by atoms with E-state index in [0.717, 1.165) is 19.3 Å². The minimum absolute atomic E-state index is 0.00000520. The van der Waals surface area contributed by atoms with Gasteiger partial charge in [0.15, 0.2) is 0 Å². The second-order valence-electron chi connectivity index (χ2n) is 5.90. The van der Waals surface area contributed by atoms with Crippen molar-refractivity contribution >= 4 is 15.9 Å². The number of amides is 1. The molecule has 7 heteroatoms. The van der Waals surface area contributed by atoms with Crippen LogP contribution in [0.25, 0.3) is 0 Å². The summed E-state index contributed by atoms with van der Waals surface area (Å²) in [5, 5.41) is 2.97. The average Bonchev–Trinajstić information content (AvgIpc) is 2.26. The first-order valence-electron chi connectivity index (χ1n) is 6.82. The van der Waals surface area contributed by atoms with Crippen LogP contribution in [0.3, 0.4) is 0 Å². The summed E-state index contributed by atoms with van der Waals surface area (Å²) in [6, 6.07) is 0.0779. The molecule has 0 bridgehead atoms. The van der Waals surface area contributed by atoms with Crippen LogP contribution in [0.15, 0.2) is 0 Å². The van der Waals surface area contributed by atoms with E-state index in [1.165, 1.54) is 10.6 Å². The summed E-state index contributed by atoms with van der Waals surface area (Å²) >= 11 is 0. The molecule has 0 radical (unpaired) electrons. The normalized spacial score (nSPS) is 24.7. The van der Waals surface area contributed by atoms with Crippen LogP contribution < -0.4 is 11.1 Å². The van der Waals surface area contributed by atoms with E-state index in [2.05, 4.69) is 5.32 Å². The minimum Gasteiger partial charge on any atom is -0.353 e. The number of rotatable bonds is 4. The third kappa shape index (κ3) is 3.90. The van der Waals surface area contributed by atoms with Crippen LogP contribution in [-0.4, -0.2) is 49.6 Å². The van der Waals surface area contributed by atoms with Crippen molar-refractivity contribution in [3.63, 3.8) is 0 Å². The van der Waals surface area contributed by atoms with Gasteiger partial charge in [-0.3, -0.25) is 4.79 Å². The first-order valence-corrected chi connectivity index (χ1v) is 8.67. The van der Waals surface area contributed by atoms with Gasteiger partial charge in [0.05, 0.1) is 6.26 Å². The maximum Gasteiger partial charge on any atom is 0.222 e. The van der Waals surface area contributed by atoms with Gasteiger partial charge in [-0.25, -0.2) is 12.7 Å². The van der Waals surface area contributed by atoms with E-state index in [1.54, 1.807) is 0 Å². The Kier molecular flexibility index (Phi) is 4.17. The number of piperidine rings is 1. The maximum atomic E-state index is 11.9. The fourth-order valence-corrected chi connectivity index (χ4v) is 3.61. The first-order chi connectivity index (χ1) is 8.78. The molecule has 0 atom stereocenters. The molecule has 1 saturated heterocycles. The summed E-state index contributed by atoms with van der Waals surface area (Å²) in [5.74, 6) is 0.00000520. The van der Waals surface area contributed by atoms with Crippen molar-refractivity contribution in [2.24, 2.45) is 5.73 Å². The van der Waals surface area contributed by atoms with Gasteiger partial charge in [-0.2, -0.15) is 0 Å². The molecule has 19 heavy (non-hydrogen) atoms. The predicted molar refractivity (Wildman–Crippen MR) is 73.0 cm³/mol. The molecule has 110 valence electrons. The fourth-order valence-electron chi connectivity index (χ4n) is 2.74. The van der Waals surface area contributed by atoms with Crippen molar-refractivity contribution in [1.29, 1.82) is 0 Å².